The van der Waals surface area contributed by atoms with Gasteiger partial charge in [-0.1, -0.05) is 12.1 Å². The van der Waals surface area contributed by atoms with Crippen LogP contribution >= 0.6 is 28.1 Å². The second-order valence-corrected chi connectivity index (χ2v) is 6.62. The molecule has 3 rings (SSSR count). The van der Waals surface area contributed by atoms with Crippen molar-refractivity contribution < 1.29 is 13.2 Å². The van der Waals surface area contributed by atoms with Crippen molar-refractivity contribution in [3.63, 3.8) is 0 Å². The zero-order valence-electron chi connectivity index (χ0n) is 13.1. The van der Waals surface area contributed by atoms with Crippen LogP contribution in [0.4, 0.5) is 24.7 Å². The minimum atomic E-state index is -0.755. The van der Waals surface area contributed by atoms with Crippen molar-refractivity contribution in [2.75, 3.05) is 10.6 Å². The van der Waals surface area contributed by atoms with Crippen molar-refractivity contribution >= 4 is 44.8 Å². The first-order valence-electron chi connectivity index (χ1n) is 7.41. The van der Waals surface area contributed by atoms with Crippen molar-refractivity contribution in [2.45, 2.75) is 6.54 Å². The van der Waals surface area contributed by atoms with Crippen LogP contribution in [0.15, 0.2) is 53.1 Å². The number of thiocarbonyl (C=S) groups is 1. The molecule has 0 aliphatic carbocycles. The molecule has 2 aromatic carbocycles. The molecule has 0 amide bonds. The Bertz CT molecular complexity index is 944. The van der Waals surface area contributed by atoms with E-state index in [-0.39, 0.29) is 16.6 Å². The number of nitrogens with one attached hydrogen (secondary N) is 2. The lowest BCUT2D eigenvalue weighted by atomic mass is 10.2. The molecule has 0 aliphatic rings. The van der Waals surface area contributed by atoms with E-state index in [2.05, 4.69) is 31.7 Å². The Morgan fingerprint density at radius 1 is 1.04 bits per heavy atom. The Hall–Kier alpha value is -2.39. The molecular formula is C17H12BrF3N4S. The van der Waals surface area contributed by atoms with Gasteiger partial charge in [0.15, 0.2) is 10.9 Å². The number of hydrogen-bond donors (Lipinski definition) is 2. The molecule has 0 atom stereocenters. The molecule has 0 aliphatic heterocycles. The van der Waals surface area contributed by atoms with E-state index in [1.54, 1.807) is 23.0 Å². The van der Waals surface area contributed by atoms with Gasteiger partial charge in [-0.3, -0.25) is 4.68 Å². The second kappa shape index (κ2) is 7.88. The minimum Gasteiger partial charge on any atom is -0.330 e. The van der Waals surface area contributed by atoms with Crippen LogP contribution in [0.2, 0.25) is 0 Å². The molecular weight excluding hydrogens is 429 g/mol. The van der Waals surface area contributed by atoms with Crippen LogP contribution in [0.5, 0.6) is 0 Å². The van der Waals surface area contributed by atoms with E-state index in [0.29, 0.717) is 16.8 Å². The maximum Gasteiger partial charge on any atom is 0.176 e. The van der Waals surface area contributed by atoms with Crippen LogP contribution in [0.1, 0.15) is 5.56 Å². The third-order valence-electron chi connectivity index (χ3n) is 3.39. The third kappa shape index (κ3) is 4.61. The fourth-order valence-electron chi connectivity index (χ4n) is 2.19. The number of rotatable bonds is 4. The summed E-state index contributed by atoms with van der Waals surface area (Å²) in [5, 5.41) is 9.91. The lowest BCUT2D eigenvalue weighted by Gasteiger charge is -2.10. The first kappa shape index (κ1) is 18.4. The van der Waals surface area contributed by atoms with Gasteiger partial charge >= 0.3 is 0 Å². The van der Waals surface area contributed by atoms with E-state index in [0.717, 1.165) is 17.7 Å². The average Bonchev–Trinajstić information content (AvgIpc) is 2.91. The van der Waals surface area contributed by atoms with Crippen molar-refractivity contribution in [3.8, 4) is 0 Å². The summed E-state index contributed by atoms with van der Waals surface area (Å²) in [5.74, 6) is -1.31. The summed E-state index contributed by atoms with van der Waals surface area (Å²) < 4.78 is 41.8. The van der Waals surface area contributed by atoms with E-state index in [1.807, 2.05) is 0 Å². The van der Waals surface area contributed by atoms with Crippen molar-refractivity contribution in [3.05, 3.63) is 76.1 Å². The Labute approximate surface area is 161 Å². The van der Waals surface area contributed by atoms with E-state index in [9.17, 15) is 13.2 Å². The van der Waals surface area contributed by atoms with Gasteiger partial charge in [0, 0.05) is 12.3 Å². The maximum atomic E-state index is 13.7. The van der Waals surface area contributed by atoms with E-state index >= 15 is 0 Å². The quantitative estimate of drug-likeness (QED) is 0.565. The normalized spacial score (nSPS) is 10.6. The summed E-state index contributed by atoms with van der Waals surface area (Å²) in [6, 6.07) is 9.23. The Kier molecular flexibility index (Phi) is 5.58. The van der Waals surface area contributed by atoms with Gasteiger partial charge < -0.3 is 10.6 Å². The van der Waals surface area contributed by atoms with E-state index in [1.165, 1.54) is 18.2 Å². The van der Waals surface area contributed by atoms with E-state index < -0.39 is 11.6 Å². The first-order valence-corrected chi connectivity index (χ1v) is 8.61. The fraction of sp³-hybridized carbons (Fsp3) is 0.0588. The van der Waals surface area contributed by atoms with Crippen LogP contribution in [-0.2, 0) is 6.54 Å². The van der Waals surface area contributed by atoms with Crippen LogP contribution in [0.25, 0.3) is 0 Å². The minimum absolute atomic E-state index is 0.0470. The zero-order chi connectivity index (χ0) is 18.7. The molecule has 0 radical (unpaired) electrons. The molecule has 9 heteroatoms. The Balaban J connectivity index is 1.67. The summed E-state index contributed by atoms with van der Waals surface area (Å²) >= 11 is 8.49. The molecule has 0 fully saturated rings. The number of aromatic nitrogens is 2. The molecule has 0 saturated heterocycles. The summed E-state index contributed by atoms with van der Waals surface area (Å²) in [4.78, 5) is 0. The molecule has 0 unspecified atom stereocenters. The van der Waals surface area contributed by atoms with Gasteiger partial charge in [0.1, 0.15) is 17.5 Å². The summed E-state index contributed by atoms with van der Waals surface area (Å²) in [5.41, 5.74) is 0.924. The van der Waals surface area contributed by atoms with Gasteiger partial charge in [-0.2, -0.15) is 5.10 Å². The van der Waals surface area contributed by atoms with Gasteiger partial charge in [-0.05, 0) is 58.0 Å². The molecule has 1 heterocycles. The summed E-state index contributed by atoms with van der Waals surface area (Å²) in [6.07, 6.45) is 1.73. The standard InChI is InChI=1S/C17H12BrF3N4S/c18-13-9-25(8-10-1-3-11(19)4-2-10)24-16(13)23-17(26)22-15-6-5-12(20)7-14(15)21/h1-7,9H,8H2,(H2,22,23,24,26). The molecule has 134 valence electrons. The maximum absolute atomic E-state index is 13.7. The van der Waals surface area contributed by atoms with E-state index in [4.69, 9.17) is 12.2 Å². The molecule has 2 N–H and O–H groups in total. The predicted molar refractivity (Wildman–Crippen MR) is 102 cm³/mol. The molecule has 0 spiro atoms. The molecule has 4 nitrogen and oxygen atoms in total. The predicted octanol–water partition coefficient (Wildman–Crippen LogP) is 4.92. The molecule has 3 aromatic rings. The highest BCUT2D eigenvalue weighted by Crippen LogP contribution is 2.22. The highest BCUT2D eigenvalue weighted by atomic mass is 79.9. The van der Waals surface area contributed by atoms with Crippen LogP contribution < -0.4 is 10.6 Å². The summed E-state index contributed by atoms with van der Waals surface area (Å²) in [6.45, 7) is 0.438. The second-order valence-electron chi connectivity index (χ2n) is 5.35. The SMILES string of the molecule is Fc1ccc(Cn2cc(Br)c(NC(=S)Nc3ccc(F)cc3F)n2)cc1. The number of anilines is 2. The number of hydrogen-bond acceptors (Lipinski definition) is 2. The summed E-state index contributed by atoms with van der Waals surface area (Å²) in [7, 11) is 0. The average molecular weight is 441 g/mol. The van der Waals surface area contributed by atoms with Gasteiger partial charge in [-0.25, -0.2) is 13.2 Å². The fourth-order valence-corrected chi connectivity index (χ4v) is 2.81. The van der Waals surface area contributed by atoms with Gasteiger partial charge in [0.2, 0.25) is 0 Å². The van der Waals surface area contributed by atoms with Gasteiger partial charge in [0.25, 0.3) is 0 Å². The highest BCUT2D eigenvalue weighted by molar-refractivity contribution is 9.10. The largest absolute Gasteiger partial charge is 0.330 e. The lowest BCUT2D eigenvalue weighted by molar-refractivity contribution is 0.586. The zero-order valence-corrected chi connectivity index (χ0v) is 15.5. The van der Waals surface area contributed by atoms with Crippen LogP contribution in [0.3, 0.4) is 0 Å². The number of halogens is 4. The lowest BCUT2D eigenvalue weighted by Crippen LogP contribution is -2.20. The van der Waals surface area contributed by atoms with Gasteiger partial charge in [-0.15, -0.1) is 0 Å². The Morgan fingerprint density at radius 2 is 1.73 bits per heavy atom. The van der Waals surface area contributed by atoms with Crippen LogP contribution in [-0.4, -0.2) is 14.9 Å². The van der Waals surface area contributed by atoms with Gasteiger partial charge in [0.05, 0.1) is 16.7 Å². The monoisotopic (exact) mass is 440 g/mol. The number of nitrogens with zero attached hydrogens (tertiary/aromatic N) is 2. The smallest absolute Gasteiger partial charge is 0.176 e. The molecule has 0 bridgehead atoms. The van der Waals surface area contributed by atoms with Crippen LogP contribution in [0, 0.1) is 17.5 Å². The van der Waals surface area contributed by atoms with Crippen molar-refractivity contribution in [2.24, 2.45) is 0 Å². The first-order chi connectivity index (χ1) is 12.4. The molecule has 1 aromatic heterocycles. The highest BCUT2D eigenvalue weighted by Gasteiger charge is 2.11. The number of benzene rings is 2. The third-order valence-corrected chi connectivity index (χ3v) is 4.17. The Morgan fingerprint density at radius 3 is 2.42 bits per heavy atom. The molecule has 0 saturated carbocycles. The topological polar surface area (TPSA) is 41.9 Å². The van der Waals surface area contributed by atoms with Crippen molar-refractivity contribution in [1.82, 2.24) is 9.78 Å². The molecule has 26 heavy (non-hydrogen) atoms. The van der Waals surface area contributed by atoms with Crippen molar-refractivity contribution in [1.29, 1.82) is 0 Å².